The Morgan fingerprint density at radius 3 is 2.16 bits per heavy atom. The Kier molecular flexibility index (Phi) is 6.06. The molecule has 5 rings (SSSR count). The molecule has 0 atom stereocenters. The summed E-state index contributed by atoms with van der Waals surface area (Å²) in [6.45, 7) is 10.7. The molecule has 0 radical (unpaired) electrons. The SMILES string of the molecule is CC(C)(C)OC(=O)n1nc(-c2cc3ccc(O)cc3n2C(=O)OC(C)(C)C)c2sc(-c3ccccc3)cc21. The molecule has 0 saturated carbocycles. The van der Waals surface area contributed by atoms with Gasteiger partial charge in [-0.15, -0.1) is 11.3 Å². The molecule has 1 N–H and O–H groups in total. The number of nitrogens with zero attached hydrogens (tertiary/aromatic N) is 3. The number of aromatic hydroxyl groups is 1. The fourth-order valence-corrected chi connectivity index (χ4v) is 5.27. The van der Waals surface area contributed by atoms with Crippen molar-refractivity contribution in [2.45, 2.75) is 52.7 Å². The molecule has 3 aromatic heterocycles. The topological polar surface area (TPSA) is 95.6 Å². The molecule has 0 aliphatic rings. The minimum Gasteiger partial charge on any atom is -0.508 e. The van der Waals surface area contributed by atoms with Gasteiger partial charge in [0, 0.05) is 16.3 Å². The Labute approximate surface area is 224 Å². The Morgan fingerprint density at radius 1 is 0.842 bits per heavy atom. The highest BCUT2D eigenvalue weighted by molar-refractivity contribution is 7.22. The summed E-state index contributed by atoms with van der Waals surface area (Å²) in [6, 6.07) is 18.3. The van der Waals surface area contributed by atoms with Gasteiger partial charge in [-0.2, -0.15) is 9.78 Å². The van der Waals surface area contributed by atoms with Gasteiger partial charge in [0.15, 0.2) is 0 Å². The number of ether oxygens (including phenoxy) is 2. The molecule has 0 spiro atoms. The van der Waals surface area contributed by atoms with Crippen LogP contribution in [0.1, 0.15) is 41.5 Å². The van der Waals surface area contributed by atoms with Crippen LogP contribution in [0.15, 0.2) is 60.7 Å². The van der Waals surface area contributed by atoms with E-state index >= 15 is 0 Å². The second-order valence-electron chi connectivity index (χ2n) is 11.0. The van der Waals surface area contributed by atoms with Gasteiger partial charge in [-0.3, -0.25) is 0 Å². The molecule has 5 aromatic rings. The van der Waals surface area contributed by atoms with Gasteiger partial charge in [-0.1, -0.05) is 30.3 Å². The van der Waals surface area contributed by atoms with Crippen molar-refractivity contribution in [3.8, 4) is 27.6 Å². The summed E-state index contributed by atoms with van der Waals surface area (Å²) >= 11 is 1.47. The number of hydrogen-bond donors (Lipinski definition) is 1. The van der Waals surface area contributed by atoms with Crippen LogP contribution in [0.5, 0.6) is 5.75 Å². The van der Waals surface area contributed by atoms with E-state index < -0.39 is 23.4 Å². The molecule has 0 amide bonds. The van der Waals surface area contributed by atoms with Gasteiger partial charge < -0.3 is 14.6 Å². The van der Waals surface area contributed by atoms with Gasteiger partial charge in [0.1, 0.15) is 22.6 Å². The fraction of sp³-hybridized carbons (Fsp3) is 0.276. The van der Waals surface area contributed by atoms with Gasteiger partial charge in [0.2, 0.25) is 0 Å². The van der Waals surface area contributed by atoms with Crippen LogP contribution in [0, 0.1) is 0 Å². The lowest BCUT2D eigenvalue weighted by molar-refractivity contribution is 0.0520. The van der Waals surface area contributed by atoms with E-state index in [-0.39, 0.29) is 5.75 Å². The highest BCUT2D eigenvalue weighted by Gasteiger charge is 2.29. The molecule has 0 unspecified atom stereocenters. The Bertz CT molecular complexity index is 1680. The molecule has 9 heteroatoms. The first-order chi connectivity index (χ1) is 17.8. The predicted molar refractivity (Wildman–Crippen MR) is 149 cm³/mol. The maximum Gasteiger partial charge on any atom is 0.435 e. The van der Waals surface area contributed by atoms with Crippen molar-refractivity contribution < 1.29 is 24.2 Å². The van der Waals surface area contributed by atoms with Gasteiger partial charge in [0.05, 0.1) is 21.4 Å². The zero-order chi connectivity index (χ0) is 27.4. The molecule has 196 valence electrons. The van der Waals surface area contributed by atoms with E-state index in [0.29, 0.717) is 32.5 Å². The lowest BCUT2D eigenvalue weighted by Crippen LogP contribution is -2.28. The number of benzene rings is 2. The van der Waals surface area contributed by atoms with E-state index in [1.54, 1.807) is 53.7 Å². The standard InChI is InChI=1S/C29H29N3O5S/c1-28(2,3)36-26(34)31-20-15-19(33)13-12-18(20)14-21(31)24-25-22(32(30-24)27(35)37-29(4,5)6)16-23(38-25)17-10-8-7-9-11-17/h7-16,33H,1-6H3. The lowest BCUT2D eigenvalue weighted by Gasteiger charge is -2.20. The van der Waals surface area contributed by atoms with Crippen molar-refractivity contribution in [1.82, 2.24) is 14.3 Å². The van der Waals surface area contributed by atoms with Gasteiger partial charge in [-0.05, 0) is 71.4 Å². The summed E-state index contributed by atoms with van der Waals surface area (Å²) in [5, 5.41) is 15.6. The van der Waals surface area contributed by atoms with E-state index in [4.69, 9.17) is 9.47 Å². The van der Waals surface area contributed by atoms with Crippen LogP contribution in [-0.4, -0.2) is 42.8 Å². The molecular formula is C29H29N3O5S. The number of rotatable bonds is 2. The van der Waals surface area contributed by atoms with Crippen LogP contribution in [0.4, 0.5) is 9.59 Å². The first-order valence-electron chi connectivity index (χ1n) is 12.2. The second-order valence-corrected chi connectivity index (χ2v) is 12.1. The predicted octanol–water partition coefficient (Wildman–Crippen LogP) is 7.66. The average molecular weight is 532 g/mol. The number of carbonyl (C=O) groups is 2. The number of thiophene rings is 1. The summed E-state index contributed by atoms with van der Waals surface area (Å²) in [5.74, 6) is 0.0128. The van der Waals surface area contributed by atoms with E-state index in [1.807, 2.05) is 42.5 Å². The zero-order valence-corrected chi connectivity index (χ0v) is 22.9. The molecule has 0 aliphatic heterocycles. The van der Waals surface area contributed by atoms with Crippen molar-refractivity contribution in [2.75, 3.05) is 0 Å². The molecule has 0 aliphatic carbocycles. The van der Waals surface area contributed by atoms with E-state index in [0.717, 1.165) is 10.4 Å². The number of phenols is 1. The third kappa shape index (κ3) is 4.89. The van der Waals surface area contributed by atoms with Crippen LogP contribution in [0.3, 0.4) is 0 Å². The number of fused-ring (bicyclic) bond motifs is 2. The third-order valence-electron chi connectivity index (χ3n) is 5.59. The van der Waals surface area contributed by atoms with Crippen LogP contribution >= 0.6 is 11.3 Å². The van der Waals surface area contributed by atoms with Crippen molar-refractivity contribution in [3.05, 3.63) is 60.7 Å². The Hall–Kier alpha value is -4.11. The Balaban J connectivity index is 1.78. The smallest absolute Gasteiger partial charge is 0.435 e. The largest absolute Gasteiger partial charge is 0.508 e. The van der Waals surface area contributed by atoms with Gasteiger partial charge in [-0.25, -0.2) is 14.2 Å². The van der Waals surface area contributed by atoms with Crippen LogP contribution < -0.4 is 0 Å². The highest BCUT2D eigenvalue weighted by Crippen LogP contribution is 2.41. The summed E-state index contributed by atoms with van der Waals surface area (Å²) in [7, 11) is 0. The van der Waals surface area contributed by atoms with Crippen LogP contribution in [0.2, 0.25) is 0 Å². The maximum atomic E-state index is 13.5. The van der Waals surface area contributed by atoms with Crippen molar-refractivity contribution in [2.24, 2.45) is 0 Å². The molecule has 0 saturated heterocycles. The average Bonchev–Trinajstić information content (AvgIpc) is 3.48. The maximum absolute atomic E-state index is 13.5. The van der Waals surface area contributed by atoms with Crippen LogP contribution in [0.25, 0.3) is 42.9 Å². The number of aromatic nitrogens is 3. The molecular weight excluding hydrogens is 502 g/mol. The van der Waals surface area contributed by atoms with Crippen LogP contribution in [-0.2, 0) is 9.47 Å². The third-order valence-corrected chi connectivity index (χ3v) is 6.77. The van der Waals surface area contributed by atoms with E-state index in [2.05, 4.69) is 5.10 Å². The monoisotopic (exact) mass is 531 g/mol. The van der Waals surface area contributed by atoms with Crippen molar-refractivity contribution >= 4 is 44.6 Å². The normalized spacial score (nSPS) is 12.3. The van der Waals surface area contributed by atoms with E-state index in [9.17, 15) is 14.7 Å². The number of carbonyl (C=O) groups excluding carboxylic acids is 2. The molecule has 0 fully saturated rings. The first kappa shape index (κ1) is 25.5. The molecule has 38 heavy (non-hydrogen) atoms. The lowest BCUT2D eigenvalue weighted by atomic mass is 10.2. The molecule has 0 bridgehead atoms. The number of hydrogen-bond acceptors (Lipinski definition) is 7. The first-order valence-corrected chi connectivity index (χ1v) is 13.0. The summed E-state index contributed by atoms with van der Waals surface area (Å²) < 4.78 is 14.7. The molecule has 8 nitrogen and oxygen atoms in total. The Morgan fingerprint density at radius 2 is 1.50 bits per heavy atom. The zero-order valence-electron chi connectivity index (χ0n) is 22.1. The molecule has 2 aromatic carbocycles. The van der Waals surface area contributed by atoms with Crippen molar-refractivity contribution in [3.63, 3.8) is 0 Å². The fourth-order valence-electron chi connectivity index (χ4n) is 4.13. The van der Waals surface area contributed by atoms with E-state index in [1.165, 1.54) is 26.7 Å². The van der Waals surface area contributed by atoms with Gasteiger partial charge >= 0.3 is 12.2 Å². The quantitative estimate of drug-likeness (QED) is 0.251. The summed E-state index contributed by atoms with van der Waals surface area (Å²) in [4.78, 5) is 27.6. The highest BCUT2D eigenvalue weighted by atomic mass is 32.1. The van der Waals surface area contributed by atoms with Crippen molar-refractivity contribution in [1.29, 1.82) is 0 Å². The number of phenolic OH excluding ortho intramolecular Hbond substituents is 1. The second kappa shape index (κ2) is 9.02. The van der Waals surface area contributed by atoms with Gasteiger partial charge in [0.25, 0.3) is 0 Å². The summed E-state index contributed by atoms with van der Waals surface area (Å²) in [6.07, 6.45) is -1.24. The minimum atomic E-state index is -0.754. The minimum absolute atomic E-state index is 0.0128. The molecule has 3 heterocycles. The summed E-state index contributed by atoms with van der Waals surface area (Å²) in [5.41, 5.74) is 1.42.